The normalized spacial score (nSPS) is 26.0. The molecule has 2 N–H and O–H groups in total. The lowest BCUT2D eigenvalue weighted by molar-refractivity contribution is -0.137. The van der Waals surface area contributed by atoms with Gasteiger partial charge in [0.05, 0.1) is 17.9 Å². The van der Waals surface area contributed by atoms with Crippen LogP contribution in [0.2, 0.25) is 0 Å². The van der Waals surface area contributed by atoms with E-state index in [9.17, 15) is 23.1 Å². The first kappa shape index (κ1) is 22.1. The number of H-pyrrole nitrogens is 1. The zero-order valence-electron chi connectivity index (χ0n) is 16.8. The molecule has 10 nitrogen and oxygen atoms in total. The molecule has 0 spiro atoms. The van der Waals surface area contributed by atoms with Crippen molar-refractivity contribution in [1.82, 2.24) is 23.9 Å². The Morgan fingerprint density at radius 1 is 1.24 bits per heavy atom. The fourth-order valence-corrected chi connectivity index (χ4v) is 5.38. The van der Waals surface area contributed by atoms with Crippen molar-refractivity contribution in [2.75, 3.05) is 6.61 Å². The van der Waals surface area contributed by atoms with Gasteiger partial charge >= 0.3 is 6.18 Å². The van der Waals surface area contributed by atoms with Gasteiger partial charge in [0.15, 0.2) is 31.2 Å². The summed E-state index contributed by atoms with van der Waals surface area (Å²) in [6.07, 6.45) is -6.08. The van der Waals surface area contributed by atoms with Crippen molar-refractivity contribution in [2.24, 2.45) is 0 Å². The minimum absolute atomic E-state index is 0.0204. The van der Waals surface area contributed by atoms with Gasteiger partial charge in [0.1, 0.15) is 18.3 Å². The number of nitrogens with zero attached hydrogens (tertiary/aromatic N) is 4. The summed E-state index contributed by atoms with van der Waals surface area (Å²) in [6.45, 7) is 0.258. The number of aromatic nitrogens is 5. The third-order valence-corrected chi connectivity index (χ3v) is 7.00. The molecular formula is C19H14BrF3N5O5P. The first-order valence-corrected chi connectivity index (χ1v) is 11.6. The van der Waals surface area contributed by atoms with Crippen molar-refractivity contribution < 1.29 is 32.1 Å². The number of fused-ring (bicyclic) bond motifs is 3. The number of aliphatic hydroxyl groups is 1. The SMILES string of the molecule is O=c1c2nc(Br)n(C3OC4COPOC4C3O)c2nc2[nH]c(-c3ccc(C(F)(F)F)cc3)cn12. The Hall–Kier alpha value is -2.35. The van der Waals surface area contributed by atoms with Crippen molar-refractivity contribution >= 4 is 41.9 Å². The lowest BCUT2D eigenvalue weighted by Gasteiger charge is -2.24. The van der Waals surface area contributed by atoms with Crippen LogP contribution in [0.25, 0.3) is 28.2 Å². The molecule has 1 aromatic carbocycles. The second-order valence-corrected chi connectivity index (χ2v) is 9.21. The van der Waals surface area contributed by atoms with Crippen LogP contribution in [-0.2, 0) is 20.0 Å². The highest BCUT2D eigenvalue weighted by Crippen LogP contribution is 2.41. The summed E-state index contributed by atoms with van der Waals surface area (Å²) in [7, 11) is -0.209. The predicted molar refractivity (Wildman–Crippen MR) is 116 cm³/mol. The molecule has 2 aliphatic rings. The average Bonchev–Trinajstić information content (AvgIpc) is 3.47. The maximum atomic E-state index is 13.1. The highest BCUT2D eigenvalue weighted by Gasteiger charge is 2.48. The van der Waals surface area contributed by atoms with Crippen LogP contribution in [0.5, 0.6) is 0 Å². The van der Waals surface area contributed by atoms with E-state index in [1.54, 1.807) is 0 Å². The Morgan fingerprint density at radius 3 is 2.71 bits per heavy atom. The molecule has 2 saturated heterocycles. The summed E-state index contributed by atoms with van der Waals surface area (Å²) < 4.78 is 58.2. The molecule has 34 heavy (non-hydrogen) atoms. The van der Waals surface area contributed by atoms with E-state index >= 15 is 0 Å². The van der Waals surface area contributed by atoms with E-state index in [1.165, 1.54) is 27.3 Å². The van der Waals surface area contributed by atoms with E-state index in [0.717, 1.165) is 12.1 Å². The summed E-state index contributed by atoms with van der Waals surface area (Å²) in [5, 5.41) is 10.8. The molecule has 0 saturated carbocycles. The number of alkyl halides is 3. The number of benzene rings is 1. The number of imidazole rings is 2. The van der Waals surface area contributed by atoms with E-state index in [-0.39, 0.29) is 37.3 Å². The lowest BCUT2D eigenvalue weighted by atomic mass is 10.1. The molecule has 5 heterocycles. The summed E-state index contributed by atoms with van der Waals surface area (Å²) >= 11 is 3.32. The van der Waals surface area contributed by atoms with Crippen LogP contribution in [0.4, 0.5) is 13.2 Å². The number of rotatable bonds is 2. The first-order chi connectivity index (χ1) is 16.2. The molecule has 5 atom stereocenters. The third-order valence-electron chi connectivity index (χ3n) is 5.79. The molecule has 6 rings (SSSR count). The van der Waals surface area contributed by atoms with E-state index < -0.39 is 41.8 Å². The lowest BCUT2D eigenvalue weighted by Crippen LogP contribution is -2.36. The van der Waals surface area contributed by atoms with E-state index in [4.69, 9.17) is 13.8 Å². The topological polar surface area (TPSA) is 116 Å². The maximum Gasteiger partial charge on any atom is 0.416 e. The molecule has 0 aliphatic carbocycles. The highest BCUT2D eigenvalue weighted by molar-refractivity contribution is 9.10. The summed E-state index contributed by atoms with van der Waals surface area (Å²) in [5.41, 5.74) is -0.264. The van der Waals surface area contributed by atoms with Crippen LogP contribution in [0.3, 0.4) is 0 Å². The number of hydrogen-bond acceptors (Lipinski definition) is 7. The molecule has 5 unspecified atom stereocenters. The van der Waals surface area contributed by atoms with E-state index in [2.05, 4.69) is 30.9 Å². The quantitative estimate of drug-likeness (QED) is 0.286. The summed E-state index contributed by atoms with van der Waals surface area (Å²) in [4.78, 5) is 24.9. The highest BCUT2D eigenvalue weighted by atomic mass is 79.9. The fourth-order valence-electron chi connectivity index (χ4n) is 4.13. The van der Waals surface area contributed by atoms with Gasteiger partial charge < -0.3 is 23.9 Å². The third kappa shape index (κ3) is 3.40. The van der Waals surface area contributed by atoms with Crippen LogP contribution >= 0.6 is 25.0 Å². The molecule has 2 fully saturated rings. The van der Waals surface area contributed by atoms with Gasteiger partial charge in [-0.15, -0.1) is 0 Å². The fraction of sp³-hybridized carbons (Fsp3) is 0.316. The Bertz CT molecular complexity index is 1470. The average molecular weight is 560 g/mol. The number of nitrogens with one attached hydrogen (secondary N) is 1. The number of halogens is 4. The molecule has 4 aromatic rings. The van der Waals surface area contributed by atoms with Crippen molar-refractivity contribution in [3.8, 4) is 11.3 Å². The first-order valence-electron chi connectivity index (χ1n) is 9.95. The summed E-state index contributed by atoms with van der Waals surface area (Å²) in [6, 6.07) is 4.54. The van der Waals surface area contributed by atoms with E-state index in [1.807, 2.05) is 0 Å². The van der Waals surface area contributed by atoms with Crippen molar-refractivity contribution in [3.05, 3.63) is 51.1 Å². The monoisotopic (exact) mass is 559 g/mol. The van der Waals surface area contributed by atoms with Gasteiger partial charge in [0.2, 0.25) is 5.78 Å². The Balaban J connectivity index is 1.44. The number of ether oxygens (including phenoxy) is 1. The predicted octanol–water partition coefficient (Wildman–Crippen LogP) is 3.00. The minimum Gasteiger partial charge on any atom is -0.386 e. The zero-order chi connectivity index (χ0) is 23.8. The van der Waals surface area contributed by atoms with Gasteiger partial charge in [-0.3, -0.25) is 9.36 Å². The van der Waals surface area contributed by atoms with Crippen LogP contribution in [0.15, 0.2) is 40.0 Å². The molecule has 178 valence electrons. The number of aromatic amines is 1. The Labute approximate surface area is 197 Å². The second kappa shape index (κ2) is 7.83. The van der Waals surface area contributed by atoms with E-state index in [0.29, 0.717) is 11.3 Å². The molecule has 0 amide bonds. The largest absolute Gasteiger partial charge is 0.416 e. The van der Waals surface area contributed by atoms with Gasteiger partial charge in [-0.05, 0) is 33.6 Å². The number of aliphatic hydroxyl groups excluding tert-OH is 1. The molecular weight excluding hydrogens is 546 g/mol. The van der Waals surface area contributed by atoms with Gasteiger partial charge in [-0.25, -0.2) is 9.38 Å². The van der Waals surface area contributed by atoms with Crippen LogP contribution in [0, 0.1) is 0 Å². The molecule has 2 aliphatic heterocycles. The van der Waals surface area contributed by atoms with Crippen LogP contribution in [-0.4, -0.2) is 53.9 Å². The van der Waals surface area contributed by atoms with Crippen LogP contribution in [0.1, 0.15) is 11.8 Å². The van der Waals surface area contributed by atoms with Crippen molar-refractivity contribution in [3.63, 3.8) is 0 Å². The summed E-state index contributed by atoms with van der Waals surface area (Å²) in [5.74, 6) is 0.145. The van der Waals surface area contributed by atoms with Gasteiger partial charge in [-0.2, -0.15) is 18.2 Å². The minimum atomic E-state index is -4.45. The Kier molecular flexibility index (Phi) is 5.10. The van der Waals surface area contributed by atoms with Gasteiger partial charge in [0.25, 0.3) is 5.56 Å². The standard InChI is InChI=1S/C19H14BrF3N5O5P/c20-17-25-11-14(28(17)16-12(29)13-10(32-16)6-31-34-33-13)26-18-24-9(5-27(18)15(11)30)7-1-3-8(4-2-7)19(21,22)23/h1-5,10,12-13,16,29,34H,6H2,(H,24,26). The van der Waals surface area contributed by atoms with Crippen molar-refractivity contribution in [2.45, 2.75) is 30.7 Å². The molecule has 0 bridgehead atoms. The van der Waals surface area contributed by atoms with Crippen LogP contribution < -0.4 is 5.56 Å². The van der Waals surface area contributed by atoms with Gasteiger partial charge in [-0.1, -0.05) is 12.1 Å². The maximum absolute atomic E-state index is 13.1. The molecule has 3 aromatic heterocycles. The van der Waals surface area contributed by atoms with Gasteiger partial charge in [0, 0.05) is 6.20 Å². The second-order valence-electron chi connectivity index (χ2n) is 7.81. The zero-order valence-corrected chi connectivity index (χ0v) is 19.4. The number of hydrogen-bond donors (Lipinski definition) is 2. The smallest absolute Gasteiger partial charge is 0.386 e. The molecule has 0 radical (unpaired) electrons. The molecule has 15 heteroatoms. The van der Waals surface area contributed by atoms with Crippen molar-refractivity contribution in [1.29, 1.82) is 0 Å². The Morgan fingerprint density at radius 2 is 2.00 bits per heavy atom.